The van der Waals surface area contributed by atoms with E-state index in [2.05, 4.69) is 0 Å². The highest BCUT2D eigenvalue weighted by Gasteiger charge is 2.34. The molecule has 1 aliphatic heterocycles. The van der Waals surface area contributed by atoms with Crippen LogP contribution < -0.4 is 4.90 Å². The molecule has 5 heteroatoms. The number of benzene rings is 1. The number of amides is 2. The lowest BCUT2D eigenvalue weighted by molar-refractivity contribution is -0.120. The molecule has 0 unspecified atom stereocenters. The fraction of sp³-hybridized carbons (Fsp3) is 0.154. The Morgan fingerprint density at radius 2 is 1.67 bits per heavy atom. The van der Waals surface area contributed by atoms with Crippen molar-refractivity contribution in [3.8, 4) is 0 Å². The lowest BCUT2D eigenvalue weighted by Crippen LogP contribution is -2.31. The third-order valence-electron chi connectivity index (χ3n) is 2.98. The molecule has 0 fully saturated rings. The van der Waals surface area contributed by atoms with Crippen molar-refractivity contribution in [3.05, 3.63) is 39.9 Å². The average molecular weight is 264 g/mol. The summed E-state index contributed by atoms with van der Waals surface area (Å²) in [7, 11) is 0. The van der Waals surface area contributed by atoms with Crippen molar-refractivity contribution in [2.45, 2.75) is 13.8 Å². The van der Waals surface area contributed by atoms with Crippen molar-refractivity contribution < 1.29 is 14.4 Å². The number of nitrogens with zero attached hydrogens (tertiary/aromatic N) is 1. The minimum absolute atomic E-state index is 0.247. The summed E-state index contributed by atoms with van der Waals surface area (Å²) >= 11 is 5.80. The van der Waals surface area contributed by atoms with Crippen molar-refractivity contribution in [1.82, 2.24) is 0 Å². The normalized spacial score (nSPS) is 15.6. The first-order valence-electron chi connectivity index (χ1n) is 5.28. The monoisotopic (exact) mass is 263 g/mol. The third kappa shape index (κ3) is 1.75. The van der Waals surface area contributed by atoms with Gasteiger partial charge in [0.2, 0.25) is 0 Å². The van der Waals surface area contributed by atoms with E-state index >= 15 is 0 Å². The SMILES string of the molecule is CC1=C(C)C(=O)N(c2ccc(Cl)c(C=O)c2)C1=O. The van der Waals surface area contributed by atoms with E-state index in [0.717, 1.165) is 4.90 Å². The Bertz CT molecular complexity index is 580. The Hall–Kier alpha value is -1.94. The quantitative estimate of drug-likeness (QED) is 0.608. The molecule has 0 aliphatic carbocycles. The Morgan fingerprint density at radius 1 is 1.11 bits per heavy atom. The maximum atomic E-state index is 11.9. The average Bonchev–Trinajstić information content (AvgIpc) is 2.55. The number of hydrogen-bond acceptors (Lipinski definition) is 3. The summed E-state index contributed by atoms with van der Waals surface area (Å²) in [6.45, 7) is 3.21. The van der Waals surface area contributed by atoms with Crippen LogP contribution in [0.2, 0.25) is 5.02 Å². The van der Waals surface area contributed by atoms with Crippen LogP contribution in [0.4, 0.5) is 5.69 Å². The first-order valence-corrected chi connectivity index (χ1v) is 5.66. The highest BCUT2D eigenvalue weighted by Crippen LogP contribution is 2.29. The molecule has 0 N–H and O–H groups in total. The summed E-state index contributed by atoms with van der Waals surface area (Å²) < 4.78 is 0. The number of carbonyl (C=O) groups excluding carboxylic acids is 3. The molecule has 0 bridgehead atoms. The number of aldehydes is 1. The fourth-order valence-corrected chi connectivity index (χ4v) is 1.91. The zero-order valence-corrected chi connectivity index (χ0v) is 10.6. The molecule has 18 heavy (non-hydrogen) atoms. The van der Waals surface area contributed by atoms with Gasteiger partial charge in [0.25, 0.3) is 11.8 Å². The summed E-state index contributed by atoms with van der Waals surface area (Å²) in [6, 6.07) is 4.46. The number of hydrogen-bond donors (Lipinski definition) is 0. The van der Waals surface area contributed by atoms with Gasteiger partial charge in [0.1, 0.15) is 0 Å². The Morgan fingerprint density at radius 3 is 2.17 bits per heavy atom. The molecular weight excluding hydrogens is 254 g/mol. The van der Waals surface area contributed by atoms with Crippen LogP contribution in [0, 0.1) is 0 Å². The van der Waals surface area contributed by atoms with Crippen LogP contribution in [-0.2, 0) is 9.59 Å². The molecule has 2 amide bonds. The zero-order chi connectivity index (χ0) is 13.4. The van der Waals surface area contributed by atoms with Crippen molar-refractivity contribution in [2.24, 2.45) is 0 Å². The second-order valence-corrected chi connectivity index (χ2v) is 4.43. The zero-order valence-electron chi connectivity index (χ0n) is 9.86. The van der Waals surface area contributed by atoms with Gasteiger partial charge in [0, 0.05) is 16.7 Å². The van der Waals surface area contributed by atoms with E-state index in [9.17, 15) is 14.4 Å². The summed E-state index contributed by atoms with van der Waals surface area (Å²) in [5.74, 6) is -0.728. The first kappa shape index (κ1) is 12.5. The molecule has 0 saturated heterocycles. The van der Waals surface area contributed by atoms with Crippen LogP contribution in [-0.4, -0.2) is 18.1 Å². The van der Waals surface area contributed by atoms with Gasteiger partial charge < -0.3 is 0 Å². The van der Waals surface area contributed by atoms with E-state index in [-0.39, 0.29) is 22.4 Å². The standard InChI is InChI=1S/C13H10ClNO3/c1-7-8(2)13(18)15(12(7)17)10-3-4-11(14)9(5-10)6-16/h3-6H,1-2H3. The number of rotatable bonds is 2. The van der Waals surface area contributed by atoms with Gasteiger partial charge in [0.05, 0.1) is 10.7 Å². The minimum atomic E-state index is -0.364. The van der Waals surface area contributed by atoms with Gasteiger partial charge in [-0.25, -0.2) is 4.90 Å². The number of carbonyl (C=O) groups is 3. The first-order chi connectivity index (χ1) is 8.47. The lowest BCUT2D eigenvalue weighted by atomic mass is 10.2. The molecule has 0 spiro atoms. The van der Waals surface area contributed by atoms with Gasteiger partial charge in [-0.05, 0) is 32.0 Å². The maximum Gasteiger partial charge on any atom is 0.261 e. The van der Waals surface area contributed by atoms with Crippen LogP contribution in [0.5, 0.6) is 0 Å². The number of imide groups is 1. The van der Waals surface area contributed by atoms with E-state index in [1.165, 1.54) is 18.2 Å². The number of halogens is 1. The smallest absolute Gasteiger partial charge is 0.261 e. The van der Waals surface area contributed by atoms with Crippen LogP contribution in [0.25, 0.3) is 0 Å². The molecule has 1 aliphatic rings. The number of anilines is 1. The highest BCUT2D eigenvalue weighted by molar-refractivity contribution is 6.34. The van der Waals surface area contributed by atoms with Gasteiger partial charge in [-0.2, -0.15) is 0 Å². The van der Waals surface area contributed by atoms with E-state index in [4.69, 9.17) is 11.6 Å². The van der Waals surface area contributed by atoms with Crippen LogP contribution in [0.1, 0.15) is 24.2 Å². The molecule has 0 radical (unpaired) electrons. The molecular formula is C13H10ClNO3. The molecule has 1 heterocycles. The molecule has 0 aromatic heterocycles. The van der Waals surface area contributed by atoms with E-state index in [1.807, 2.05) is 0 Å². The van der Waals surface area contributed by atoms with Crippen LogP contribution >= 0.6 is 11.6 Å². The van der Waals surface area contributed by atoms with Gasteiger partial charge in [0.15, 0.2) is 6.29 Å². The predicted molar refractivity (Wildman–Crippen MR) is 67.7 cm³/mol. The van der Waals surface area contributed by atoms with Crippen molar-refractivity contribution in [1.29, 1.82) is 0 Å². The summed E-state index contributed by atoms with van der Waals surface area (Å²) in [4.78, 5) is 35.7. The predicted octanol–water partition coefficient (Wildman–Crippen LogP) is 2.36. The summed E-state index contributed by atoms with van der Waals surface area (Å²) in [6.07, 6.45) is 0.587. The van der Waals surface area contributed by atoms with Crippen molar-refractivity contribution >= 4 is 35.4 Å². The maximum absolute atomic E-state index is 11.9. The molecule has 0 atom stereocenters. The van der Waals surface area contributed by atoms with Gasteiger partial charge in [-0.3, -0.25) is 14.4 Å². The molecule has 92 valence electrons. The van der Waals surface area contributed by atoms with Crippen LogP contribution in [0.3, 0.4) is 0 Å². The van der Waals surface area contributed by atoms with Gasteiger partial charge in [-0.1, -0.05) is 11.6 Å². The molecule has 2 rings (SSSR count). The van der Waals surface area contributed by atoms with Crippen molar-refractivity contribution in [3.63, 3.8) is 0 Å². The highest BCUT2D eigenvalue weighted by atomic mass is 35.5. The fourth-order valence-electron chi connectivity index (χ4n) is 1.74. The van der Waals surface area contributed by atoms with Crippen LogP contribution in [0.15, 0.2) is 29.3 Å². The molecule has 0 saturated carbocycles. The topological polar surface area (TPSA) is 54.5 Å². The summed E-state index contributed by atoms with van der Waals surface area (Å²) in [5, 5.41) is 0.286. The Kier molecular flexibility index (Phi) is 3.05. The van der Waals surface area contributed by atoms with Crippen molar-refractivity contribution in [2.75, 3.05) is 4.90 Å². The van der Waals surface area contributed by atoms with E-state index < -0.39 is 0 Å². The summed E-state index contributed by atoms with van der Waals surface area (Å²) in [5.41, 5.74) is 1.44. The Balaban J connectivity index is 2.49. The Labute approximate surface area is 109 Å². The lowest BCUT2D eigenvalue weighted by Gasteiger charge is -2.15. The van der Waals surface area contributed by atoms with Gasteiger partial charge >= 0.3 is 0 Å². The van der Waals surface area contributed by atoms with Gasteiger partial charge in [-0.15, -0.1) is 0 Å². The second-order valence-electron chi connectivity index (χ2n) is 4.02. The molecule has 4 nitrogen and oxygen atoms in total. The van der Waals surface area contributed by atoms with E-state index in [0.29, 0.717) is 23.1 Å². The third-order valence-corrected chi connectivity index (χ3v) is 3.32. The van der Waals surface area contributed by atoms with E-state index in [1.54, 1.807) is 13.8 Å². The molecule has 1 aromatic carbocycles. The molecule has 1 aromatic rings. The minimum Gasteiger partial charge on any atom is -0.298 e. The largest absolute Gasteiger partial charge is 0.298 e. The second kappa shape index (κ2) is 4.38.